The van der Waals surface area contributed by atoms with E-state index in [1.54, 1.807) is 16.4 Å². The molecule has 150 valence electrons. The van der Waals surface area contributed by atoms with E-state index in [1.807, 2.05) is 0 Å². The van der Waals surface area contributed by atoms with Crippen LogP contribution < -0.4 is 11.1 Å². The molecule has 0 aromatic carbocycles. The average molecular weight is 396 g/mol. The van der Waals surface area contributed by atoms with Crippen molar-refractivity contribution >= 4 is 28.7 Å². The number of unbranched alkanes of at least 4 members (excludes halogenated alkanes) is 1. The molecule has 9 nitrogen and oxygen atoms in total. The van der Waals surface area contributed by atoms with Crippen molar-refractivity contribution in [2.45, 2.75) is 62.9 Å². The number of fused-ring (bicyclic) bond motifs is 1. The van der Waals surface area contributed by atoms with Gasteiger partial charge in [0.05, 0.1) is 12.1 Å². The number of aromatic nitrogens is 5. The fourth-order valence-electron chi connectivity index (χ4n) is 3.37. The number of nitrogens with one attached hydrogen (secondary N) is 1. The number of aliphatic hydroxyl groups is 2. The lowest BCUT2D eigenvalue weighted by molar-refractivity contribution is 0.00624. The molecule has 0 amide bonds. The largest absolute Gasteiger partial charge is 0.390 e. The fourth-order valence-corrected chi connectivity index (χ4v) is 4.07. The van der Waals surface area contributed by atoms with Gasteiger partial charge in [-0.05, 0) is 25.8 Å². The highest BCUT2D eigenvalue weighted by molar-refractivity contribution is 7.99. The van der Waals surface area contributed by atoms with Gasteiger partial charge in [0.1, 0.15) is 6.10 Å². The van der Waals surface area contributed by atoms with Crippen molar-refractivity contribution < 1.29 is 10.2 Å². The van der Waals surface area contributed by atoms with Crippen molar-refractivity contribution in [3.63, 3.8) is 0 Å². The maximum atomic E-state index is 10.5. The molecule has 1 aliphatic rings. The summed E-state index contributed by atoms with van der Waals surface area (Å²) in [4.78, 5) is 9.25. The predicted octanol–water partition coefficient (Wildman–Crippen LogP) is 1.18. The van der Waals surface area contributed by atoms with Crippen molar-refractivity contribution in [2.75, 3.05) is 24.2 Å². The molecule has 4 atom stereocenters. The van der Waals surface area contributed by atoms with Gasteiger partial charge in [-0.1, -0.05) is 37.2 Å². The highest BCUT2D eigenvalue weighted by Crippen LogP contribution is 2.36. The van der Waals surface area contributed by atoms with Crippen molar-refractivity contribution in [1.82, 2.24) is 25.0 Å². The Bertz CT molecular complexity index is 756. The smallest absolute Gasteiger partial charge is 0.191 e. The van der Waals surface area contributed by atoms with Crippen molar-refractivity contribution in [1.29, 1.82) is 0 Å². The summed E-state index contributed by atoms with van der Waals surface area (Å²) in [5.41, 5.74) is 6.90. The number of thioether (sulfide) groups is 1. The van der Waals surface area contributed by atoms with E-state index in [9.17, 15) is 10.2 Å². The van der Waals surface area contributed by atoms with Crippen LogP contribution in [-0.4, -0.2) is 66.2 Å². The Balaban J connectivity index is 1.98. The Morgan fingerprint density at radius 2 is 2.04 bits per heavy atom. The van der Waals surface area contributed by atoms with Crippen LogP contribution in [0.3, 0.4) is 0 Å². The molecule has 2 aromatic heterocycles. The topological polar surface area (TPSA) is 135 Å². The number of hydrogen-bond donors (Lipinski definition) is 4. The van der Waals surface area contributed by atoms with Gasteiger partial charge in [0.15, 0.2) is 22.1 Å². The SMILES string of the molecule is CCCCNc1nc(SCCC)nc2c1nnn2[C@@H]1C[C@@H](CN)[C@@H](O)[C@H]1O. The van der Waals surface area contributed by atoms with Crippen LogP contribution in [0.15, 0.2) is 5.16 Å². The Labute approximate surface area is 163 Å². The standard InChI is InChI=1S/C17H29N7O2S/c1-3-5-6-19-15-12-16(21-17(20-15)27-7-4-2)24(23-22-12)11-8-10(9-18)13(25)14(11)26/h10-11,13-14,25-26H,3-9,18H2,1-2H3,(H,19,20,21)/t10-,11+,13+,14-/m0/s1. The van der Waals surface area contributed by atoms with Gasteiger partial charge in [0.2, 0.25) is 0 Å². The van der Waals surface area contributed by atoms with Crippen LogP contribution in [0.5, 0.6) is 0 Å². The van der Waals surface area contributed by atoms with E-state index in [0.29, 0.717) is 35.1 Å². The van der Waals surface area contributed by atoms with Crippen LogP contribution in [0.1, 0.15) is 45.6 Å². The summed E-state index contributed by atoms with van der Waals surface area (Å²) in [6.45, 7) is 5.36. The summed E-state index contributed by atoms with van der Waals surface area (Å²) in [5.74, 6) is 1.42. The first kappa shape index (κ1) is 20.2. The first-order valence-electron chi connectivity index (χ1n) is 9.66. The molecule has 5 N–H and O–H groups in total. The van der Waals surface area contributed by atoms with E-state index >= 15 is 0 Å². The molecule has 1 fully saturated rings. The normalized spacial score (nSPS) is 25.4. The van der Waals surface area contributed by atoms with E-state index in [4.69, 9.17) is 5.73 Å². The lowest BCUT2D eigenvalue weighted by Gasteiger charge is -2.17. The molecule has 0 unspecified atom stereocenters. The van der Waals surface area contributed by atoms with Gasteiger partial charge >= 0.3 is 0 Å². The lowest BCUT2D eigenvalue weighted by Crippen LogP contribution is -2.32. The minimum absolute atomic E-state index is 0.165. The molecule has 3 rings (SSSR count). The van der Waals surface area contributed by atoms with E-state index < -0.39 is 18.2 Å². The van der Waals surface area contributed by atoms with Gasteiger partial charge in [-0.3, -0.25) is 0 Å². The Morgan fingerprint density at radius 1 is 1.22 bits per heavy atom. The van der Waals surface area contributed by atoms with E-state index in [-0.39, 0.29) is 5.92 Å². The van der Waals surface area contributed by atoms with Crippen LogP contribution in [0, 0.1) is 5.92 Å². The number of anilines is 1. The first-order chi connectivity index (χ1) is 13.1. The maximum absolute atomic E-state index is 10.5. The third-order valence-corrected chi connectivity index (χ3v) is 6.00. The summed E-state index contributed by atoms with van der Waals surface area (Å²) in [5, 5.41) is 33.2. The Kier molecular flexibility index (Phi) is 6.85. The second-order valence-electron chi connectivity index (χ2n) is 6.97. The van der Waals surface area contributed by atoms with Crippen LogP contribution >= 0.6 is 11.8 Å². The molecule has 1 saturated carbocycles. The van der Waals surface area contributed by atoms with Gasteiger partial charge in [0.25, 0.3) is 0 Å². The summed E-state index contributed by atoms with van der Waals surface area (Å²) < 4.78 is 1.63. The molecule has 2 heterocycles. The summed E-state index contributed by atoms with van der Waals surface area (Å²) in [6, 6.07) is -0.402. The second kappa shape index (κ2) is 9.13. The van der Waals surface area contributed by atoms with Crippen LogP contribution in [0.4, 0.5) is 5.82 Å². The quantitative estimate of drug-likeness (QED) is 0.280. The first-order valence-corrected chi connectivity index (χ1v) is 10.6. The van der Waals surface area contributed by atoms with E-state index in [0.717, 1.165) is 31.6 Å². The number of rotatable bonds is 9. The molecule has 2 aromatic rings. The molecule has 0 bridgehead atoms. The highest BCUT2D eigenvalue weighted by Gasteiger charge is 2.43. The summed E-state index contributed by atoms with van der Waals surface area (Å²) in [6.07, 6.45) is 1.87. The molecule has 0 radical (unpaired) electrons. The number of nitrogens with zero attached hydrogens (tertiary/aromatic N) is 5. The van der Waals surface area contributed by atoms with Gasteiger partial charge < -0.3 is 21.3 Å². The van der Waals surface area contributed by atoms with Gasteiger partial charge in [-0.25, -0.2) is 14.6 Å². The molecule has 10 heteroatoms. The summed E-state index contributed by atoms with van der Waals surface area (Å²) in [7, 11) is 0. The van der Waals surface area contributed by atoms with Crippen LogP contribution in [0.2, 0.25) is 0 Å². The molecular weight excluding hydrogens is 366 g/mol. The molecule has 1 aliphatic carbocycles. The zero-order chi connectivity index (χ0) is 19.4. The average Bonchev–Trinajstić information content (AvgIpc) is 3.21. The fraction of sp³-hybridized carbons (Fsp3) is 0.765. The minimum Gasteiger partial charge on any atom is -0.390 e. The lowest BCUT2D eigenvalue weighted by atomic mass is 10.1. The van der Waals surface area contributed by atoms with E-state index in [2.05, 4.69) is 39.4 Å². The van der Waals surface area contributed by atoms with Gasteiger partial charge in [-0.2, -0.15) is 0 Å². The predicted molar refractivity (Wildman–Crippen MR) is 106 cm³/mol. The van der Waals surface area contributed by atoms with Crippen LogP contribution in [0.25, 0.3) is 11.2 Å². The zero-order valence-corrected chi connectivity index (χ0v) is 16.7. The minimum atomic E-state index is -0.943. The number of aliphatic hydroxyl groups excluding tert-OH is 2. The molecule has 27 heavy (non-hydrogen) atoms. The molecule has 0 aliphatic heterocycles. The highest BCUT2D eigenvalue weighted by atomic mass is 32.2. The Hall–Kier alpha value is -1.49. The molecular formula is C17H29N7O2S. The second-order valence-corrected chi connectivity index (χ2v) is 8.03. The van der Waals surface area contributed by atoms with Gasteiger partial charge in [-0.15, -0.1) is 5.10 Å². The maximum Gasteiger partial charge on any atom is 0.191 e. The third-order valence-electron chi connectivity index (χ3n) is 4.95. The van der Waals surface area contributed by atoms with Crippen molar-refractivity contribution in [3.8, 4) is 0 Å². The van der Waals surface area contributed by atoms with E-state index in [1.165, 1.54) is 0 Å². The van der Waals surface area contributed by atoms with Gasteiger partial charge in [0, 0.05) is 18.2 Å². The third kappa shape index (κ3) is 4.18. The molecule has 0 saturated heterocycles. The molecule has 0 spiro atoms. The zero-order valence-electron chi connectivity index (χ0n) is 15.9. The Morgan fingerprint density at radius 3 is 2.70 bits per heavy atom. The number of hydrogen-bond acceptors (Lipinski definition) is 9. The summed E-state index contributed by atoms with van der Waals surface area (Å²) >= 11 is 1.59. The van der Waals surface area contributed by atoms with Crippen LogP contribution in [-0.2, 0) is 0 Å². The number of nitrogens with two attached hydrogens (primary N) is 1. The monoisotopic (exact) mass is 395 g/mol. The van der Waals surface area contributed by atoms with Crippen molar-refractivity contribution in [2.24, 2.45) is 11.7 Å². The van der Waals surface area contributed by atoms with Crippen molar-refractivity contribution in [3.05, 3.63) is 0 Å².